The summed E-state index contributed by atoms with van der Waals surface area (Å²) < 4.78 is 12.6. The topological polar surface area (TPSA) is 20.2 Å². The first-order valence-corrected chi connectivity index (χ1v) is 4.62. The summed E-state index contributed by atoms with van der Waals surface area (Å²) in [6.45, 7) is 0. The van der Waals surface area contributed by atoms with Gasteiger partial charge in [0.1, 0.15) is 5.82 Å². The molecule has 2 rings (SSSR count). The van der Waals surface area contributed by atoms with Crippen LogP contribution in [-0.2, 0) is 0 Å². The summed E-state index contributed by atoms with van der Waals surface area (Å²) in [5.41, 5.74) is 0.923. The molecular formula is C10H7FOS. The van der Waals surface area contributed by atoms with Gasteiger partial charge in [-0.05, 0) is 29.8 Å². The average molecular weight is 194 g/mol. The van der Waals surface area contributed by atoms with E-state index in [0.717, 1.165) is 10.4 Å². The number of rotatable bonds is 1. The minimum atomic E-state index is -0.246. The lowest BCUT2D eigenvalue weighted by Gasteiger charge is -1.95. The van der Waals surface area contributed by atoms with Crippen LogP contribution in [0.5, 0.6) is 5.06 Å². The molecule has 0 amide bonds. The van der Waals surface area contributed by atoms with Crippen LogP contribution < -0.4 is 0 Å². The van der Waals surface area contributed by atoms with E-state index in [1.165, 1.54) is 23.5 Å². The highest BCUT2D eigenvalue weighted by Gasteiger charge is 2.01. The van der Waals surface area contributed by atoms with Crippen molar-refractivity contribution in [3.05, 3.63) is 42.2 Å². The van der Waals surface area contributed by atoms with Crippen LogP contribution in [0.1, 0.15) is 0 Å². The Kier molecular flexibility index (Phi) is 2.02. The molecule has 0 unspecified atom stereocenters. The zero-order valence-electron chi connectivity index (χ0n) is 6.70. The largest absolute Gasteiger partial charge is 0.499 e. The third-order valence-corrected chi connectivity index (χ3v) is 2.66. The smallest absolute Gasteiger partial charge is 0.171 e. The zero-order chi connectivity index (χ0) is 9.26. The fourth-order valence-electron chi connectivity index (χ4n) is 1.10. The molecule has 0 spiro atoms. The van der Waals surface area contributed by atoms with Crippen molar-refractivity contribution in [1.82, 2.24) is 0 Å². The van der Waals surface area contributed by atoms with E-state index in [4.69, 9.17) is 5.11 Å². The maximum absolute atomic E-state index is 12.6. The summed E-state index contributed by atoms with van der Waals surface area (Å²) in [5, 5.41) is 9.39. The van der Waals surface area contributed by atoms with Crippen LogP contribution in [0.2, 0.25) is 0 Å². The predicted octanol–water partition coefficient (Wildman–Crippen LogP) is 3.26. The van der Waals surface area contributed by atoms with Crippen molar-refractivity contribution in [2.75, 3.05) is 0 Å². The second-order valence-electron chi connectivity index (χ2n) is 2.64. The Morgan fingerprint density at radius 1 is 1.00 bits per heavy atom. The van der Waals surface area contributed by atoms with Crippen molar-refractivity contribution in [1.29, 1.82) is 0 Å². The van der Waals surface area contributed by atoms with Gasteiger partial charge in [0.05, 0.1) is 0 Å². The van der Waals surface area contributed by atoms with Crippen LogP contribution in [0.3, 0.4) is 0 Å². The molecule has 0 aliphatic heterocycles. The van der Waals surface area contributed by atoms with E-state index in [-0.39, 0.29) is 10.9 Å². The number of thiophene rings is 1. The number of halogens is 1. The van der Waals surface area contributed by atoms with Crippen molar-refractivity contribution in [3.63, 3.8) is 0 Å². The Hall–Kier alpha value is -1.35. The fourth-order valence-corrected chi connectivity index (χ4v) is 1.85. The Labute approximate surface area is 79.1 Å². The summed E-state index contributed by atoms with van der Waals surface area (Å²) in [6, 6.07) is 9.65. The van der Waals surface area contributed by atoms with Crippen molar-refractivity contribution in [2.45, 2.75) is 0 Å². The minimum Gasteiger partial charge on any atom is -0.499 e. The molecule has 0 aliphatic rings. The molecule has 13 heavy (non-hydrogen) atoms. The molecule has 0 bridgehead atoms. The molecule has 1 nitrogen and oxygen atoms in total. The molecule has 0 saturated heterocycles. The number of hydrogen-bond acceptors (Lipinski definition) is 2. The second-order valence-corrected chi connectivity index (χ2v) is 3.71. The number of hydrogen-bond donors (Lipinski definition) is 1. The van der Waals surface area contributed by atoms with Crippen molar-refractivity contribution in [2.24, 2.45) is 0 Å². The summed E-state index contributed by atoms with van der Waals surface area (Å²) in [5.74, 6) is -0.246. The maximum atomic E-state index is 12.6. The first-order chi connectivity index (χ1) is 6.25. The third kappa shape index (κ3) is 1.70. The lowest BCUT2D eigenvalue weighted by Crippen LogP contribution is -1.73. The zero-order valence-corrected chi connectivity index (χ0v) is 7.51. The molecule has 1 aromatic heterocycles. The van der Waals surface area contributed by atoms with E-state index >= 15 is 0 Å². The molecule has 1 heterocycles. The quantitative estimate of drug-likeness (QED) is 0.738. The van der Waals surface area contributed by atoms with Gasteiger partial charge in [0.2, 0.25) is 0 Å². The van der Waals surface area contributed by atoms with Crippen LogP contribution in [0.25, 0.3) is 10.4 Å². The van der Waals surface area contributed by atoms with Gasteiger partial charge in [-0.1, -0.05) is 23.5 Å². The van der Waals surface area contributed by atoms with Gasteiger partial charge in [0, 0.05) is 4.88 Å². The monoisotopic (exact) mass is 194 g/mol. The summed E-state index contributed by atoms with van der Waals surface area (Å²) in [7, 11) is 0. The van der Waals surface area contributed by atoms with Crippen molar-refractivity contribution >= 4 is 11.3 Å². The van der Waals surface area contributed by atoms with Crippen LogP contribution in [0, 0.1) is 5.82 Å². The summed E-state index contributed by atoms with van der Waals surface area (Å²) in [6.07, 6.45) is 0. The Balaban J connectivity index is 2.41. The highest BCUT2D eigenvalue weighted by atomic mass is 32.1. The lowest BCUT2D eigenvalue weighted by atomic mass is 10.2. The van der Waals surface area contributed by atoms with E-state index in [1.54, 1.807) is 18.2 Å². The highest BCUT2D eigenvalue weighted by molar-refractivity contribution is 7.17. The molecule has 0 aliphatic carbocycles. The van der Waals surface area contributed by atoms with Gasteiger partial charge in [-0.3, -0.25) is 0 Å². The lowest BCUT2D eigenvalue weighted by molar-refractivity contribution is 0.491. The van der Waals surface area contributed by atoms with E-state index < -0.39 is 0 Å². The average Bonchev–Trinajstić information content (AvgIpc) is 2.53. The number of benzene rings is 1. The first-order valence-electron chi connectivity index (χ1n) is 3.80. The standard InChI is InChI=1S/C10H7FOS/c11-8-3-1-7(2-4-8)9-5-6-10(12)13-9/h1-6,12H. The molecule has 0 fully saturated rings. The van der Waals surface area contributed by atoms with Gasteiger partial charge < -0.3 is 5.11 Å². The molecule has 1 N–H and O–H groups in total. The van der Waals surface area contributed by atoms with Crippen LogP contribution >= 0.6 is 11.3 Å². The molecule has 0 saturated carbocycles. The predicted molar refractivity (Wildman–Crippen MR) is 51.4 cm³/mol. The maximum Gasteiger partial charge on any atom is 0.171 e. The van der Waals surface area contributed by atoms with Gasteiger partial charge in [-0.15, -0.1) is 0 Å². The Morgan fingerprint density at radius 3 is 2.23 bits per heavy atom. The van der Waals surface area contributed by atoms with Gasteiger partial charge >= 0.3 is 0 Å². The van der Waals surface area contributed by atoms with Crippen molar-refractivity contribution in [3.8, 4) is 15.5 Å². The normalized spacial score (nSPS) is 10.2. The van der Waals surface area contributed by atoms with E-state index in [9.17, 15) is 4.39 Å². The summed E-state index contributed by atoms with van der Waals surface area (Å²) >= 11 is 1.28. The third-order valence-electron chi connectivity index (χ3n) is 1.72. The molecule has 66 valence electrons. The van der Waals surface area contributed by atoms with Gasteiger partial charge in [0.25, 0.3) is 0 Å². The van der Waals surface area contributed by atoms with E-state index in [2.05, 4.69) is 0 Å². The van der Waals surface area contributed by atoms with Crippen LogP contribution in [-0.4, -0.2) is 5.11 Å². The number of aromatic hydroxyl groups is 1. The minimum absolute atomic E-state index is 0.246. The highest BCUT2D eigenvalue weighted by Crippen LogP contribution is 2.31. The van der Waals surface area contributed by atoms with E-state index in [1.807, 2.05) is 6.07 Å². The molecule has 0 radical (unpaired) electrons. The second kappa shape index (κ2) is 3.18. The Morgan fingerprint density at radius 2 is 1.69 bits per heavy atom. The van der Waals surface area contributed by atoms with Gasteiger partial charge in [-0.2, -0.15) is 0 Å². The van der Waals surface area contributed by atoms with Crippen LogP contribution in [0.4, 0.5) is 4.39 Å². The molecule has 3 heteroatoms. The SMILES string of the molecule is Oc1ccc(-c2ccc(F)cc2)s1. The van der Waals surface area contributed by atoms with E-state index in [0.29, 0.717) is 0 Å². The molecule has 1 aromatic carbocycles. The molecular weight excluding hydrogens is 187 g/mol. The van der Waals surface area contributed by atoms with Crippen LogP contribution in [0.15, 0.2) is 36.4 Å². The molecule has 2 aromatic rings. The molecule has 0 atom stereocenters. The fraction of sp³-hybridized carbons (Fsp3) is 0. The summed E-state index contributed by atoms with van der Waals surface area (Å²) in [4.78, 5) is 0.942. The Bertz CT molecular complexity index is 405. The van der Waals surface area contributed by atoms with Gasteiger partial charge in [0.15, 0.2) is 5.06 Å². The van der Waals surface area contributed by atoms with Crippen molar-refractivity contribution < 1.29 is 9.50 Å². The first kappa shape index (κ1) is 8.26. The van der Waals surface area contributed by atoms with Gasteiger partial charge in [-0.25, -0.2) is 4.39 Å².